The molecule has 2 unspecified atom stereocenters. The summed E-state index contributed by atoms with van der Waals surface area (Å²) in [5.41, 5.74) is 8.81. The lowest BCUT2D eigenvalue weighted by Crippen LogP contribution is -2.18. The first-order valence-corrected chi connectivity index (χ1v) is 11.2. The molecule has 1 aliphatic carbocycles. The Hall–Kier alpha value is -4.23. The Morgan fingerprint density at radius 1 is 1.09 bits per heavy atom. The second kappa shape index (κ2) is 7.97. The van der Waals surface area contributed by atoms with Crippen LogP contribution in [0, 0.1) is 5.92 Å². The van der Waals surface area contributed by atoms with Crippen LogP contribution in [0.5, 0.6) is 0 Å². The molecule has 4 aromatic rings. The Labute approximate surface area is 195 Å². The summed E-state index contributed by atoms with van der Waals surface area (Å²) in [4.78, 5) is 29.1. The number of hydrogen-bond acceptors (Lipinski definition) is 4. The number of carbonyl (C=O) groups excluding carboxylic acids is 2. The van der Waals surface area contributed by atoms with Crippen molar-refractivity contribution in [1.29, 1.82) is 0 Å². The van der Waals surface area contributed by atoms with Crippen LogP contribution in [-0.4, -0.2) is 28.1 Å². The van der Waals surface area contributed by atoms with E-state index >= 15 is 0 Å². The van der Waals surface area contributed by atoms with Crippen LogP contribution in [0.3, 0.4) is 0 Å². The minimum absolute atomic E-state index is 0.0287. The molecule has 0 radical (unpaired) electrons. The normalized spacial score (nSPS) is 18.4. The maximum atomic E-state index is 12.9. The monoisotopic (exact) mass is 450 g/mol. The van der Waals surface area contributed by atoms with Crippen molar-refractivity contribution in [1.82, 2.24) is 10.4 Å². The molecule has 4 N–H and O–H groups in total. The molecule has 7 heteroatoms. The maximum Gasteiger partial charge on any atom is 0.272 e. The number of amides is 2. The van der Waals surface area contributed by atoms with Gasteiger partial charge in [0.2, 0.25) is 5.91 Å². The Bertz CT molecular complexity index is 1460. The first-order chi connectivity index (χ1) is 16.6. The molecule has 2 heterocycles. The standard InChI is InChI=1S/C27H22N4O3/c32-14-15-6-8-17(9-7-15)25-22-13-28-31-27(34)21-10-18(11-23(30-25)24(21)22)29-26(33)20-12-19(20)16-4-2-1-3-5-16/h1-11,13,19-20,30,32H,12,14H2,(H,29,33)(H,31,34). The van der Waals surface area contributed by atoms with Gasteiger partial charge in [-0.3, -0.25) is 9.59 Å². The van der Waals surface area contributed by atoms with E-state index in [2.05, 4.69) is 33.0 Å². The molecule has 1 aliphatic heterocycles. The van der Waals surface area contributed by atoms with Gasteiger partial charge in [-0.1, -0.05) is 54.6 Å². The lowest BCUT2D eigenvalue weighted by Gasteiger charge is -2.08. The van der Waals surface area contributed by atoms with Gasteiger partial charge in [-0.05, 0) is 41.2 Å². The molecule has 0 spiro atoms. The number of hydrazone groups is 1. The van der Waals surface area contributed by atoms with E-state index in [1.165, 1.54) is 5.56 Å². The fourth-order valence-corrected chi connectivity index (χ4v) is 4.75. The molecule has 2 atom stereocenters. The molecule has 6 rings (SSSR count). The average molecular weight is 450 g/mol. The SMILES string of the molecule is O=C1NN=Cc2c(-c3ccc(CO)cc3)[nH]c3cc(NC(=O)C4CC4c4ccccc4)cc1c23. The molecule has 1 aromatic heterocycles. The number of aromatic amines is 1. The number of aromatic nitrogens is 1. The molecular formula is C27H22N4O3. The zero-order valence-electron chi connectivity index (χ0n) is 18.2. The van der Waals surface area contributed by atoms with E-state index in [4.69, 9.17) is 0 Å². The Morgan fingerprint density at radius 2 is 1.88 bits per heavy atom. The molecule has 1 saturated carbocycles. The first kappa shape index (κ1) is 20.4. The van der Waals surface area contributed by atoms with E-state index in [1.807, 2.05) is 48.5 Å². The molecule has 0 saturated heterocycles. The number of H-pyrrole nitrogens is 1. The number of nitrogens with zero attached hydrogens (tertiary/aromatic N) is 1. The van der Waals surface area contributed by atoms with Gasteiger partial charge in [-0.15, -0.1) is 0 Å². The summed E-state index contributed by atoms with van der Waals surface area (Å²) in [6.07, 6.45) is 2.45. The van der Waals surface area contributed by atoms with E-state index in [9.17, 15) is 14.7 Å². The van der Waals surface area contributed by atoms with Gasteiger partial charge < -0.3 is 15.4 Å². The highest BCUT2D eigenvalue weighted by molar-refractivity contribution is 6.18. The lowest BCUT2D eigenvalue weighted by molar-refractivity contribution is -0.117. The fourth-order valence-electron chi connectivity index (χ4n) is 4.75. The summed E-state index contributed by atoms with van der Waals surface area (Å²) in [6.45, 7) is -0.0287. The van der Waals surface area contributed by atoms with E-state index in [0.717, 1.165) is 39.7 Å². The zero-order valence-corrected chi connectivity index (χ0v) is 18.2. The van der Waals surface area contributed by atoms with Gasteiger partial charge in [0.1, 0.15) is 0 Å². The number of aliphatic hydroxyl groups excluding tert-OH is 1. The Balaban J connectivity index is 1.36. The van der Waals surface area contributed by atoms with Crippen LogP contribution in [-0.2, 0) is 11.4 Å². The highest BCUT2D eigenvalue weighted by Crippen LogP contribution is 2.48. The molecule has 2 amide bonds. The molecule has 2 aliphatic rings. The van der Waals surface area contributed by atoms with E-state index in [-0.39, 0.29) is 30.3 Å². The number of carbonyl (C=O) groups is 2. The molecule has 0 bridgehead atoms. The van der Waals surface area contributed by atoms with E-state index in [1.54, 1.807) is 12.3 Å². The van der Waals surface area contributed by atoms with Crippen molar-refractivity contribution in [2.45, 2.75) is 18.9 Å². The molecular weight excluding hydrogens is 428 g/mol. The van der Waals surface area contributed by atoms with Gasteiger partial charge in [-0.2, -0.15) is 5.10 Å². The van der Waals surface area contributed by atoms with Gasteiger partial charge in [0, 0.05) is 28.1 Å². The fraction of sp³-hybridized carbons (Fsp3) is 0.148. The van der Waals surface area contributed by atoms with Crippen LogP contribution >= 0.6 is 0 Å². The van der Waals surface area contributed by atoms with Gasteiger partial charge in [-0.25, -0.2) is 5.43 Å². The topological polar surface area (TPSA) is 107 Å². The summed E-state index contributed by atoms with van der Waals surface area (Å²) in [5, 5.41) is 17.2. The van der Waals surface area contributed by atoms with Crippen LogP contribution in [0.25, 0.3) is 22.2 Å². The highest BCUT2D eigenvalue weighted by atomic mass is 16.3. The first-order valence-electron chi connectivity index (χ1n) is 11.2. The number of rotatable bonds is 5. The molecule has 7 nitrogen and oxygen atoms in total. The van der Waals surface area contributed by atoms with Crippen LogP contribution in [0.2, 0.25) is 0 Å². The quantitative estimate of drug-likeness (QED) is 0.367. The highest BCUT2D eigenvalue weighted by Gasteiger charge is 2.43. The van der Waals surface area contributed by atoms with Gasteiger partial charge in [0.15, 0.2) is 0 Å². The van der Waals surface area contributed by atoms with Gasteiger partial charge in [0.05, 0.1) is 24.1 Å². The van der Waals surface area contributed by atoms with Gasteiger partial charge in [0.25, 0.3) is 5.91 Å². The lowest BCUT2D eigenvalue weighted by atomic mass is 10.0. The minimum atomic E-state index is -0.328. The second-order valence-electron chi connectivity index (χ2n) is 8.76. The van der Waals surface area contributed by atoms with Crippen molar-refractivity contribution in [2.24, 2.45) is 11.0 Å². The van der Waals surface area contributed by atoms with Gasteiger partial charge >= 0.3 is 0 Å². The second-order valence-corrected chi connectivity index (χ2v) is 8.76. The number of aliphatic hydroxyl groups is 1. The van der Waals surface area contributed by atoms with Crippen molar-refractivity contribution < 1.29 is 14.7 Å². The van der Waals surface area contributed by atoms with Crippen LogP contribution in [0.15, 0.2) is 71.8 Å². The van der Waals surface area contributed by atoms with Crippen LogP contribution < -0.4 is 10.7 Å². The van der Waals surface area contributed by atoms with Crippen LogP contribution in [0.1, 0.15) is 39.4 Å². The molecule has 3 aromatic carbocycles. The zero-order chi connectivity index (χ0) is 23.2. The average Bonchev–Trinajstić information content (AvgIpc) is 3.62. The third-order valence-corrected chi connectivity index (χ3v) is 6.59. The number of benzene rings is 3. The van der Waals surface area contributed by atoms with Crippen molar-refractivity contribution in [3.8, 4) is 11.3 Å². The number of anilines is 1. The summed E-state index contributed by atoms with van der Waals surface area (Å²) >= 11 is 0. The smallest absolute Gasteiger partial charge is 0.272 e. The van der Waals surface area contributed by atoms with Crippen molar-refractivity contribution in [3.63, 3.8) is 0 Å². The number of hydrogen-bond donors (Lipinski definition) is 4. The third kappa shape index (κ3) is 3.47. The predicted molar refractivity (Wildman–Crippen MR) is 131 cm³/mol. The summed E-state index contributed by atoms with van der Waals surface area (Å²) in [5.74, 6) is -0.217. The third-order valence-electron chi connectivity index (χ3n) is 6.59. The van der Waals surface area contributed by atoms with Crippen molar-refractivity contribution in [2.75, 3.05) is 5.32 Å². The van der Waals surface area contributed by atoms with Crippen LogP contribution in [0.4, 0.5) is 5.69 Å². The molecule has 1 fully saturated rings. The van der Waals surface area contributed by atoms with Crippen molar-refractivity contribution >= 4 is 34.6 Å². The largest absolute Gasteiger partial charge is 0.392 e. The summed E-state index contributed by atoms with van der Waals surface area (Å²) in [6, 6.07) is 21.2. The summed E-state index contributed by atoms with van der Waals surface area (Å²) in [7, 11) is 0. The van der Waals surface area contributed by atoms with Crippen molar-refractivity contribution in [3.05, 3.63) is 89.0 Å². The predicted octanol–water partition coefficient (Wildman–Crippen LogP) is 4.15. The summed E-state index contributed by atoms with van der Waals surface area (Å²) < 4.78 is 0. The molecule has 168 valence electrons. The van der Waals surface area contributed by atoms with E-state index in [0.29, 0.717) is 11.3 Å². The van der Waals surface area contributed by atoms with E-state index < -0.39 is 0 Å². The maximum absolute atomic E-state index is 12.9. The molecule has 34 heavy (non-hydrogen) atoms. The Kier molecular flexibility index (Phi) is 4.78. The minimum Gasteiger partial charge on any atom is -0.392 e. The Morgan fingerprint density at radius 3 is 2.65 bits per heavy atom. The number of nitrogens with one attached hydrogen (secondary N) is 3.